The summed E-state index contributed by atoms with van der Waals surface area (Å²) in [4.78, 5) is 21.4. The highest BCUT2D eigenvalue weighted by Gasteiger charge is 2.13. The van der Waals surface area contributed by atoms with Crippen LogP contribution < -0.4 is 10.6 Å². The van der Waals surface area contributed by atoms with Crippen LogP contribution in [0, 0.1) is 17.5 Å². The summed E-state index contributed by atoms with van der Waals surface area (Å²) in [5, 5.41) is 12.4. The fraction of sp³-hybridized carbons (Fsp3) is 0.273. The lowest BCUT2D eigenvalue weighted by Crippen LogP contribution is -2.32. The summed E-state index contributed by atoms with van der Waals surface area (Å²) in [6.45, 7) is -0.661. The molecule has 9 heteroatoms. The first-order valence-electron chi connectivity index (χ1n) is 5.39. The zero-order valence-electron chi connectivity index (χ0n) is 10.1. The van der Waals surface area contributed by atoms with Crippen molar-refractivity contribution in [3.8, 4) is 0 Å². The number of anilines is 1. The number of benzene rings is 1. The molecule has 0 aliphatic heterocycles. The molecule has 0 saturated heterocycles. The Balaban J connectivity index is 2.41. The number of carbonyl (C=O) groups excluding carboxylic acids is 1. The fourth-order valence-corrected chi connectivity index (χ4v) is 1.21. The zero-order chi connectivity index (χ0) is 15.1. The average molecular weight is 292 g/mol. The van der Waals surface area contributed by atoms with E-state index in [1.807, 2.05) is 5.32 Å². The summed E-state index contributed by atoms with van der Waals surface area (Å²) in [5.74, 6) is -5.01. The van der Waals surface area contributed by atoms with Crippen LogP contribution in [0.5, 0.6) is 0 Å². The third-order valence-electron chi connectivity index (χ3n) is 2.00. The molecule has 0 saturated carbocycles. The van der Waals surface area contributed by atoms with Crippen molar-refractivity contribution in [2.75, 3.05) is 25.1 Å². The molecule has 0 spiro atoms. The van der Waals surface area contributed by atoms with Crippen LogP contribution in [0.25, 0.3) is 0 Å². The molecule has 0 aliphatic carbocycles. The van der Waals surface area contributed by atoms with E-state index in [-0.39, 0.29) is 13.2 Å². The van der Waals surface area contributed by atoms with Crippen molar-refractivity contribution in [1.82, 2.24) is 5.32 Å². The molecule has 0 aromatic heterocycles. The highest BCUT2D eigenvalue weighted by Crippen LogP contribution is 2.18. The normalized spacial score (nSPS) is 10.2. The van der Waals surface area contributed by atoms with Crippen LogP contribution >= 0.6 is 0 Å². The van der Waals surface area contributed by atoms with Crippen molar-refractivity contribution >= 4 is 17.7 Å². The van der Waals surface area contributed by atoms with Crippen LogP contribution in [-0.4, -0.2) is 36.9 Å². The molecule has 0 fully saturated rings. The lowest BCUT2D eigenvalue weighted by atomic mass is 10.3. The minimum Gasteiger partial charge on any atom is -0.480 e. The molecule has 0 radical (unpaired) electrons. The third-order valence-corrected chi connectivity index (χ3v) is 2.00. The number of carboxylic acids is 1. The first kappa shape index (κ1) is 15.8. The maximum absolute atomic E-state index is 13.2. The molecule has 1 aromatic carbocycles. The first-order chi connectivity index (χ1) is 9.40. The Labute approximate surface area is 111 Å². The molecular weight excluding hydrogens is 281 g/mol. The van der Waals surface area contributed by atoms with E-state index in [0.29, 0.717) is 12.1 Å². The maximum Gasteiger partial charge on any atom is 0.329 e. The largest absolute Gasteiger partial charge is 0.480 e. The van der Waals surface area contributed by atoms with Gasteiger partial charge in [0.2, 0.25) is 0 Å². The van der Waals surface area contributed by atoms with Crippen molar-refractivity contribution in [3.63, 3.8) is 0 Å². The number of aliphatic carboxylic acids is 1. The Morgan fingerprint density at radius 2 is 1.95 bits per heavy atom. The van der Waals surface area contributed by atoms with Crippen LogP contribution in [0.2, 0.25) is 0 Å². The molecule has 0 bridgehead atoms. The maximum atomic E-state index is 13.2. The topological polar surface area (TPSA) is 87.7 Å². The Hall–Kier alpha value is -2.29. The summed E-state index contributed by atoms with van der Waals surface area (Å²) in [6.07, 6.45) is 0. The highest BCUT2D eigenvalue weighted by atomic mass is 19.2. The predicted molar refractivity (Wildman–Crippen MR) is 61.8 cm³/mol. The molecule has 0 heterocycles. The van der Waals surface area contributed by atoms with Gasteiger partial charge in [-0.3, -0.25) is 0 Å². The molecule has 20 heavy (non-hydrogen) atoms. The Bertz CT molecular complexity index is 511. The number of hydrogen-bond acceptors (Lipinski definition) is 3. The van der Waals surface area contributed by atoms with E-state index in [1.54, 1.807) is 0 Å². The van der Waals surface area contributed by atoms with Crippen molar-refractivity contribution in [2.45, 2.75) is 0 Å². The summed E-state index contributed by atoms with van der Waals surface area (Å²) < 4.78 is 43.5. The molecule has 0 unspecified atom stereocenters. The first-order valence-corrected chi connectivity index (χ1v) is 5.39. The van der Waals surface area contributed by atoms with Gasteiger partial charge in [-0.1, -0.05) is 0 Å². The molecule has 6 nitrogen and oxygen atoms in total. The number of amides is 2. The number of rotatable bonds is 6. The second kappa shape index (κ2) is 7.34. The number of halogens is 3. The van der Waals surface area contributed by atoms with Crippen molar-refractivity contribution in [2.24, 2.45) is 0 Å². The monoisotopic (exact) mass is 292 g/mol. The van der Waals surface area contributed by atoms with Gasteiger partial charge in [-0.05, 0) is 0 Å². The SMILES string of the molecule is O=C(O)COCCNC(=O)Nc1cc(F)cc(F)c1F. The van der Waals surface area contributed by atoms with Gasteiger partial charge < -0.3 is 20.5 Å². The van der Waals surface area contributed by atoms with Crippen LogP contribution in [0.15, 0.2) is 12.1 Å². The van der Waals surface area contributed by atoms with Gasteiger partial charge in [0.05, 0.1) is 12.3 Å². The van der Waals surface area contributed by atoms with Crippen LogP contribution in [0.3, 0.4) is 0 Å². The lowest BCUT2D eigenvalue weighted by molar-refractivity contribution is -0.142. The van der Waals surface area contributed by atoms with Gasteiger partial charge >= 0.3 is 12.0 Å². The Morgan fingerprint density at radius 3 is 2.60 bits per heavy atom. The van der Waals surface area contributed by atoms with Gasteiger partial charge in [0.25, 0.3) is 0 Å². The standard InChI is InChI=1S/C11H11F3N2O4/c12-6-3-7(13)10(14)8(4-6)16-11(19)15-1-2-20-5-9(17)18/h3-4H,1-2,5H2,(H,17,18)(H2,15,16,19). The van der Waals surface area contributed by atoms with Crippen molar-refractivity contribution < 1.29 is 32.6 Å². The van der Waals surface area contributed by atoms with E-state index >= 15 is 0 Å². The quantitative estimate of drug-likeness (QED) is 0.545. The van der Waals surface area contributed by atoms with E-state index in [1.165, 1.54) is 0 Å². The van der Waals surface area contributed by atoms with Crippen molar-refractivity contribution in [1.29, 1.82) is 0 Å². The van der Waals surface area contributed by atoms with Gasteiger partial charge in [-0.2, -0.15) is 0 Å². The molecule has 3 N–H and O–H groups in total. The highest BCUT2D eigenvalue weighted by molar-refractivity contribution is 5.89. The van der Waals surface area contributed by atoms with Crippen LogP contribution in [-0.2, 0) is 9.53 Å². The van der Waals surface area contributed by atoms with Gasteiger partial charge in [0.1, 0.15) is 12.4 Å². The second-order valence-electron chi connectivity index (χ2n) is 3.58. The van der Waals surface area contributed by atoms with Crippen LogP contribution in [0.4, 0.5) is 23.7 Å². The molecule has 0 atom stereocenters. The average Bonchev–Trinajstić information content (AvgIpc) is 2.34. The molecule has 1 rings (SSSR count). The Kier molecular flexibility index (Phi) is 5.78. The summed E-state index contributed by atoms with van der Waals surface area (Å²) in [5.41, 5.74) is -0.647. The Morgan fingerprint density at radius 1 is 1.25 bits per heavy atom. The summed E-state index contributed by atoms with van der Waals surface area (Å²) in [6, 6.07) is 0.0599. The van der Waals surface area contributed by atoms with Gasteiger partial charge in [-0.15, -0.1) is 0 Å². The number of urea groups is 1. The lowest BCUT2D eigenvalue weighted by Gasteiger charge is -2.09. The van der Waals surface area contributed by atoms with E-state index in [4.69, 9.17) is 5.11 Å². The number of ether oxygens (including phenoxy) is 1. The van der Waals surface area contributed by atoms with Gasteiger partial charge in [0.15, 0.2) is 11.6 Å². The number of carbonyl (C=O) groups is 2. The summed E-state index contributed by atoms with van der Waals surface area (Å²) >= 11 is 0. The van der Waals surface area contributed by atoms with Gasteiger partial charge in [0, 0.05) is 18.7 Å². The number of carboxylic acid groups (broad SMARTS) is 1. The molecule has 0 aliphatic rings. The fourth-order valence-electron chi connectivity index (χ4n) is 1.21. The molecule has 2 amide bonds. The molecule has 1 aromatic rings. The van der Waals surface area contributed by atoms with E-state index < -0.39 is 41.7 Å². The van der Waals surface area contributed by atoms with E-state index in [9.17, 15) is 22.8 Å². The molecular formula is C11H11F3N2O4. The minimum absolute atomic E-state index is 0.0570. The van der Waals surface area contributed by atoms with E-state index in [0.717, 1.165) is 0 Å². The second-order valence-corrected chi connectivity index (χ2v) is 3.58. The number of hydrogen-bond donors (Lipinski definition) is 3. The minimum atomic E-state index is -1.43. The van der Waals surface area contributed by atoms with Gasteiger partial charge in [-0.25, -0.2) is 22.8 Å². The smallest absolute Gasteiger partial charge is 0.329 e. The zero-order valence-corrected chi connectivity index (χ0v) is 10.1. The third kappa shape index (κ3) is 5.14. The number of nitrogens with one attached hydrogen (secondary N) is 2. The predicted octanol–water partition coefficient (Wildman–Crippen LogP) is 1.33. The molecule has 110 valence electrons. The van der Waals surface area contributed by atoms with Crippen LogP contribution in [0.1, 0.15) is 0 Å². The van der Waals surface area contributed by atoms with E-state index in [2.05, 4.69) is 10.1 Å². The summed E-state index contributed by atoms with van der Waals surface area (Å²) in [7, 11) is 0. The van der Waals surface area contributed by atoms with Crippen molar-refractivity contribution in [3.05, 3.63) is 29.6 Å².